The number of carbonyl (C=O) groups is 1. The monoisotopic (exact) mass is 294 g/mol. The van der Waals surface area contributed by atoms with Gasteiger partial charge in [0.25, 0.3) is 0 Å². The summed E-state index contributed by atoms with van der Waals surface area (Å²) >= 11 is 0. The maximum atomic E-state index is 10.9. The summed E-state index contributed by atoms with van der Waals surface area (Å²) in [5, 5.41) is 8.97. The van der Waals surface area contributed by atoms with E-state index in [1.54, 1.807) is 0 Å². The molecule has 0 heterocycles. The molecular formula is C18H30O3. The summed E-state index contributed by atoms with van der Waals surface area (Å²) in [6.07, 6.45) is 6.43. The molecule has 0 aliphatic heterocycles. The zero-order valence-electron chi connectivity index (χ0n) is 14.2. The van der Waals surface area contributed by atoms with Crippen LogP contribution >= 0.6 is 0 Å². The van der Waals surface area contributed by atoms with Gasteiger partial charge in [0.2, 0.25) is 0 Å². The van der Waals surface area contributed by atoms with Crippen molar-refractivity contribution >= 4 is 5.97 Å². The standard InChI is InChI=1S/C18H30O3/c1-13(2)12-21-15(11-17(19)20)8-9-16-14(3)7-6-10-18(16,4)5/h11,13H,6-10,12H2,1-5H3,(H,19,20). The van der Waals surface area contributed by atoms with E-state index in [4.69, 9.17) is 9.84 Å². The molecule has 0 bridgehead atoms. The van der Waals surface area contributed by atoms with Crippen LogP contribution in [0, 0.1) is 11.3 Å². The fourth-order valence-electron chi connectivity index (χ4n) is 3.07. The maximum absolute atomic E-state index is 10.9. The van der Waals surface area contributed by atoms with Gasteiger partial charge in [0.1, 0.15) is 5.76 Å². The minimum Gasteiger partial charge on any atom is -0.497 e. The average Bonchev–Trinajstić information content (AvgIpc) is 2.33. The molecule has 1 rings (SSSR count). The molecule has 3 heteroatoms. The van der Waals surface area contributed by atoms with Crippen molar-refractivity contribution in [3.8, 4) is 0 Å². The summed E-state index contributed by atoms with van der Waals surface area (Å²) in [6, 6.07) is 0. The minimum atomic E-state index is -0.928. The number of ether oxygens (including phenoxy) is 1. The molecule has 0 spiro atoms. The highest BCUT2D eigenvalue weighted by Crippen LogP contribution is 2.42. The SMILES string of the molecule is CC1=C(CCC(=CC(=O)O)OCC(C)C)C(C)(C)CCC1. The highest BCUT2D eigenvalue weighted by molar-refractivity contribution is 5.80. The van der Waals surface area contributed by atoms with Crippen molar-refractivity contribution in [2.45, 2.75) is 66.7 Å². The van der Waals surface area contributed by atoms with Gasteiger partial charge in [-0.15, -0.1) is 0 Å². The number of hydrogen-bond acceptors (Lipinski definition) is 2. The zero-order valence-corrected chi connectivity index (χ0v) is 14.2. The summed E-state index contributed by atoms with van der Waals surface area (Å²) in [7, 11) is 0. The van der Waals surface area contributed by atoms with E-state index in [0.717, 1.165) is 6.42 Å². The summed E-state index contributed by atoms with van der Waals surface area (Å²) < 4.78 is 5.67. The number of carboxylic acids is 1. The second-order valence-electron chi connectivity index (χ2n) is 7.15. The Kier molecular flexibility index (Phi) is 6.50. The number of aliphatic carboxylic acids is 1. The van der Waals surface area contributed by atoms with Gasteiger partial charge in [0.15, 0.2) is 0 Å². The molecule has 0 aromatic heterocycles. The lowest BCUT2D eigenvalue weighted by Gasteiger charge is -2.35. The van der Waals surface area contributed by atoms with Crippen LogP contribution < -0.4 is 0 Å². The fraction of sp³-hybridized carbons (Fsp3) is 0.722. The molecule has 0 aromatic carbocycles. The van der Waals surface area contributed by atoms with Crippen molar-refractivity contribution in [1.82, 2.24) is 0 Å². The summed E-state index contributed by atoms with van der Waals surface area (Å²) in [5.74, 6) is 0.0644. The lowest BCUT2D eigenvalue weighted by atomic mass is 9.71. The van der Waals surface area contributed by atoms with Crippen molar-refractivity contribution in [3.63, 3.8) is 0 Å². The molecule has 1 aliphatic carbocycles. The topological polar surface area (TPSA) is 46.5 Å². The van der Waals surface area contributed by atoms with Gasteiger partial charge in [-0.3, -0.25) is 0 Å². The van der Waals surface area contributed by atoms with Crippen LogP contribution in [0.1, 0.15) is 66.7 Å². The van der Waals surface area contributed by atoms with E-state index < -0.39 is 5.97 Å². The van der Waals surface area contributed by atoms with E-state index >= 15 is 0 Å². The fourth-order valence-corrected chi connectivity index (χ4v) is 3.07. The van der Waals surface area contributed by atoms with Crippen LogP contribution in [0.3, 0.4) is 0 Å². The molecule has 0 aromatic rings. The summed E-state index contributed by atoms with van der Waals surface area (Å²) in [5.41, 5.74) is 3.19. The molecule has 3 nitrogen and oxygen atoms in total. The number of carboxylic acid groups (broad SMARTS) is 1. The van der Waals surface area contributed by atoms with Crippen LogP contribution in [-0.4, -0.2) is 17.7 Å². The second-order valence-corrected chi connectivity index (χ2v) is 7.15. The van der Waals surface area contributed by atoms with E-state index in [0.29, 0.717) is 24.7 Å². The third kappa shape index (κ3) is 5.94. The van der Waals surface area contributed by atoms with Crippen molar-refractivity contribution in [1.29, 1.82) is 0 Å². The first kappa shape index (κ1) is 17.8. The first-order valence-corrected chi connectivity index (χ1v) is 7.98. The van der Waals surface area contributed by atoms with Crippen LogP contribution in [0.5, 0.6) is 0 Å². The molecule has 1 aliphatic rings. The van der Waals surface area contributed by atoms with Crippen LogP contribution in [0.15, 0.2) is 23.0 Å². The Morgan fingerprint density at radius 3 is 2.62 bits per heavy atom. The number of hydrogen-bond donors (Lipinski definition) is 1. The summed E-state index contributed by atoms with van der Waals surface area (Å²) in [4.78, 5) is 10.9. The largest absolute Gasteiger partial charge is 0.497 e. The van der Waals surface area contributed by atoms with Crippen LogP contribution in [-0.2, 0) is 9.53 Å². The molecule has 120 valence electrons. The average molecular weight is 294 g/mol. The van der Waals surface area contributed by atoms with E-state index in [-0.39, 0.29) is 5.41 Å². The minimum absolute atomic E-state index is 0.231. The van der Waals surface area contributed by atoms with Gasteiger partial charge < -0.3 is 9.84 Å². The van der Waals surface area contributed by atoms with Gasteiger partial charge in [-0.2, -0.15) is 0 Å². The Balaban J connectivity index is 2.74. The van der Waals surface area contributed by atoms with Gasteiger partial charge in [-0.1, -0.05) is 38.8 Å². The second kappa shape index (κ2) is 7.67. The molecule has 0 fully saturated rings. The first-order chi connectivity index (χ1) is 9.72. The molecular weight excluding hydrogens is 264 g/mol. The number of allylic oxidation sites excluding steroid dienone is 3. The quantitative estimate of drug-likeness (QED) is 0.411. The van der Waals surface area contributed by atoms with Crippen molar-refractivity contribution in [3.05, 3.63) is 23.0 Å². The summed E-state index contributed by atoms with van der Waals surface area (Å²) in [6.45, 7) is 11.5. The third-order valence-electron chi connectivity index (χ3n) is 4.19. The van der Waals surface area contributed by atoms with Crippen molar-refractivity contribution in [2.75, 3.05) is 6.61 Å². The van der Waals surface area contributed by atoms with Crippen molar-refractivity contribution < 1.29 is 14.6 Å². The Morgan fingerprint density at radius 1 is 1.43 bits per heavy atom. The molecule has 21 heavy (non-hydrogen) atoms. The Bertz CT molecular complexity index is 428. The molecule has 0 atom stereocenters. The van der Waals surface area contributed by atoms with E-state index in [1.165, 1.54) is 36.5 Å². The molecule has 0 amide bonds. The van der Waals surface area contributed by atoms with Gasteiger partial charge in [-0.25, -0.2) is 4.79 Å². The molecule has 0 unspecified atom stereocenters. The predicted molar refractivity (Wildman–Crippen MR) is 86.1 cm³/mol. The highest BCUT2D eigenvalue weighted by atomic mass is 16.5. The molecule has 0 saturated heterocycles. The Labute approximate surface area is 129 Å². The van der Waals surface area contributed by atoms with E-state index in [2.05, 4.69) is 34.6 Å². The van der Waals surface area contributed by atoms with E-state index in [1.807, 2.05) is 0 Å². The molecule has 0 saturated carbocycles. The van der Waals surface area contributed by atoms with E-state index in [9.17, 15) is 4.79 Å². The first-order valence-electron chi connectivity index (χ1n) is 7.98. The molecule has 0 radical (unpaired) electrons. The van der Waals surface area contributed by atoms with Crippen LogP contribution in [0.25, 0.3) is 0 Å². The third-order valence-corrected chi connectivity index (χ3v) is 4.19. The maximum Gasteiger partial charge on any atom is 0.331 e. The normalized spacial score (nSPS) is 19.0. The van der Waals surface area contributed by atoms with Crippen LogP contribution in [0.4, 0.5) is 0 Å². The predicted octanol–water partition coefficient (Wildman–Crippen LogP) is 4.93. The van der Waals surface area contributed by atoms with Gasteiger partial charge in [0, 0.05) is 6.42 Å². The van der Waals surface area contributed by atoms with Gasteiger partial charge in [0.05, 0.1) is 12.7 Å². The zero-order chi connectivity index (χ0) is 16.0. The van der Waals surface area contributed by atoms with Crippen molar-refractivity contribution in [2.24, 2.45) is 11.3 Å². The smallest absolute Gasteiger partial charge is 0.331 e. The highest BCUT2D eigenvalue weighted by Gasteiger charge is 2.28. The van der Waals surface area contributed by atoms with Gasteiger partial charge >= 0.3 is 5.97 Å². The lowest BCUT2D eigenvalue weighted by molar-refractivity contribution is -0.131. The Morgan fingerprint density at radius 2 is 2.10 bits per heavy atom. The number of rotatable bonds is 7. The Hall–Kier alpha value is -1.25. The van der Waals surface area contributed by atoms with Crippen LogP contribution in [0.2, 0.25) is 0 Å². The molecule has 1 N–H and O–H groups in total. The van der Waals surface area contributed by atoms with Gasteiger partial charge in [-0.05, 0) is 43.9 Å². The lowest BCUT2D eigenvalue weighted by Crippen LogP contribution is -2.20.